The van der Waals surface area contributed by atoms with Crippen LogP contribution in [0.25, 0.3) is 10.9 Å². The number of anilines is 2. The fraction of sp³-hybridized carbons (Fsp3) is 0.364. The van der Waals surface area contributed by atoms with Gasteiger partial charge in [0.2, 0.25) is 0 Å². The number of carbonyl (C=O) groups excluding carboxylic acids is 1. The Hall–Kier alpha value is -3.06. The predicted octanol–water partition coefficient (Wildman–Crippen LogP) is 3.96. The summed E-state index contributed by atoms with van der Waals surface area (Å²) in [5.74, 6) is 2.56. The molecule has 29 heavy (non-hydrogen) atoms. The molecule has 3 heterocycles. The molecule has 2 amide bonds. The van der Waals surface area contributed by atoms with Crippen LogP contribution in [0.3, 0.4) is 0 Å². The van der Waals surface area contributed by atoms with Crippen molar-refractivity contribution >= 4 is 28.4 Å². The second-order valence-corrected chi connectivity index (χ2v) is 7.65. The lowest BCUT2D eigenvalue weighted by atomic mass is 10.1. The first-order valence-electron chi connectivity index (χ1n) is 10.0. The van der Waals surface area contributed by atoms with Crippen LogP contribution in [0, 0.1) is 6.92 Å². The van der Waals surface area contributed by atoms with Crippen LogP contribution in [0.2, 0.25) is 0 Å². The van der Waals surface area contributed by atoms with E-state index >= 15 is 0 Å². The summed E-state index contributed by atoms with van der Waals surface area (Å²) in [5, 5.41) is 10.3. The first kappa shape index (κ1) is 19.3. The standard InChI is InChI=1S/C22H27N5O2/c1-15-3-6-19(29-15)14-23-21-8-4-16-13-18(5-7-20(16)26-21)25-22(28)24-17-9-11-27(2)12-10-17/h3-8,13,17H,9-12,14H2,1-2H3,(H,23,26)(H2,24,25,28). The Kier molecular flexibility index (Phi) is 5.67. The largest absolute Gasteiger partial charge is 0.465 e. The van der Waals surface area contributed by atoms with Crippen molar-refractivity contribution in [2.45, 2.75) is 32.4 Å². The lowest BCUT2D eigenvalue weighted by molar-refractivity contribution is 0.221. The van der Waals surface area contributed by atoms with Crippen molar-refractivity contribution in [3.05, 3.63) is 54.0 Å². The number of hydrogen-bond acceptors (Lipinski definition) is 5. The molecule has 1 aliphatic heterocycles. The summed E-state index contributed by atoms with van der Waals surface area (Å²) in [4.78, 5) is 19.2. The minimum Gasteiger partial charge on any atom is -0.465 e. The van der Waals surface area contributed by atoms with Crippen LogP contribution in [0.1, 0.15) is 24.4 Å². The van der Waals surface area contributed by atoms with Crippen LogP contribution < -0.4 is 16.0 Å². The number of nitrogens with one attached hydrogen (secondary N) is 3. The molecule has 152 valence electrons. The Bertz CT molecular complexity index is 992. The molecule has 0 bridgehead atoms. The van der Waals surface area contributed by atoms with E-state index in [-0.39, 0.29) is 12.1 Å². The number of likely N-dealkylation sites (tertiary alicyclic amines) is 1. The number of rotatable bonds is 5. The number of hydrogen-bond donors (Lipinski definition) is 3. The first-order chi connectivity index (χ1) is 14.0. The first-order valence-corrected chi connectivity index (χ1v) is 10.0. The van der Waals surface area contributed by atoms with Gasteiger partial charge in [0.05, 0.1) is 12.1 Å². The maximum atomic E-state index is 12.3. The normalized spacial score (nSPS) is 15.4. The minimum absolute atomic E-state index is 0.154. The Balaban J connectivity index is 1.35. The van der Waals surface area contributed by atoms with Gasteiger partial charge in [-0.2, -0.15) is 0 Å². The van der Waals surface area contributed by atoms with E-state index in [1.54, 1.807) is 0 Å². The molecule has 0 unspecified atom stereocenters. The van der Waals surface area contributed by atoms with Gasteiger partial charge < -0.3 is 25.3 Å². The van der Waals surface area contributed by atoms with Gasteiger partial charge in [0.15, 0.2) is 0 Å². The third-order valence-electron chi connectivity index (χ3n) is 5.24. The molecule has 0 radical (unpaired) electrons. The number of pyridine rings is 1. The number of nitrogens with zero attached hydrogens (tertiary/aromatic N) is 2. The van der Waals surface area contributed by atoms with Gasteiger partial charge in [-0.1, -0.05) is 0 Å². The average Bonchev–Trinajstić information content (AvgIpc) is 3.13. The van der Waals surface area contributed by atoms with Gasteiger partial charge in [-0.15, -0.1) is 0 Å². The Morgan fingerprint density at radius 1 is 1.17 bits per heavy atom. The van der Waals surface area contributed by atoms with Gasteiger partial charge in [0, 0.05) is 17.1 Å². The van der Waals surface area contributed by atoms with E-state index in [2.05, 4.69) is 32.9 Å². The zero-order valence-electron chi connectivity index (χ0n) is 16.9. The fourth-order valence-electron chi connectivity index (χ4n) is 3.57. The Morgan fingerprint density at radius 3 is 2.76 bits per heavy atom. The highest BCUT2D eigenvalue weighted by Crippen LogP contribution is 2.20. The molecule has 7 heteroatoms. The number of piperidine rings is 1. The molecule has 1 fully saturated rings. The van der Waals surface area contributed by atoms with E-state index in [0.29, 0.717) is 6.54 Å². The smallest absolute Gasteiger partial charge is 0.319 e. The van der Waals surface area contributed by atoms with Crippen molar-refractivity contribution in [2.24, 2.45) is 0 Å². The summed E-state index contributed by atoms with van der Waals surface area (Å²) in [6, 6.07) is 13.7. The summed E-state index contributed by atoms with van der Waals surface area (Å²) in [6.07, 6.45) is 1.97. The van der Waals surface area contributed by atoms with Gasteiger partial charge in [0.25, 0.3) is 0 Å². The lowest BCUT2D eigenvalue weighted by Gasteiger charge is -2.29. The highest BCUT2D eigenvalue weighted by atomic mass is 16.3. The molecule has 4 rings (SSSR count). The highest BCUT2D eigenvalue weighted by Gasteiger charge is 2.18. The van der Waals surface area contributed by atoms with Gasteiger partial charge in [0.1, 0.15) is 17.3 Å². The quantitative estimate of drug-likeness (QED) is 0.611. The number of aryl methyl sites for hydroxylation is 1. The van der Waals surface area contributed by atoms with E-state index in [4.69, 9.17) is 4.42 Å². The molecule has 0 spiro atoms. The molecule has 1 saturated heterocycles. The topological polar surface area (TPSA) is 82.4 Å². The number of aromatic nitrogens is 1. The van der Waals surface area contributed by atoms with E-state index in [1.807, 2.05) is 49.4 Å². The van der Waals surface area contributed by atoms with Crippen molar-refractivity contribution in [3.8, 4) is 0 Å². The van der Waals surface area contributed by atoms with Crippen molar-refractivity contribution in [1.29, 1.82) is 0 Å². The number of fused-ring (bicyclic) bond motifs is 1. The molecule has 0 atom stereocenters. The minimum atomic E-state index is -0.154. The Morgan fingerprint density at radius 2 is 2.00 bits per heavy atom. The maximum absolute atomic E-state index is 12.3. The molecular weight excluding hydrogens is 366 g/mol. The second kappa shape index (κ2) is 8.53. The van der Waals surface area contributed by atoms with Crippen LogP contribution in [-0.4, -0.2) is 42.1 Å². The van der Waals surface area contributed by atoms with E-state index < -0.39 is 0 Å². The van der Waals surface area contributed by atoms with Gasteiger partial charge >= 0.3 is 6.03 Å². The maximum Gasteiger partial charge on any atom is 0.319 e. The molecule has 1 aromatic carbocycles. The molecular formula is C22H27N5O2. The summed E-state index contributed by atoms with van der Waals surface area (Å²) in [5.41, 5.74) is 1.63. The molecule has 0 saturated carbocycles. The monoisotopic (exact) mass is 393 g/mol. The number of urea groups is 1. The van der Waals surface area contributed by atoms with Crippen LogP contribution in [0.15, 0.2) is 46.9 Å². The lowest BCUT2D eigenvalue weighted by Crippen LogP contribution is -2.44. The molecule has 2 aromatic heterocycles. The molecule has 7 nitrogen and oxygen atoms in total. The van der Waals surface area contributed by atoms with Crippen molar-refractivity contribution in [2.75, 3.05) is 30.8 Å². The Labute approximate surface area is 170 Å². The van der Waals surface area contributed by atoms with Crippen molar-refractivity contribution in [3.63, 3.8) is 0 Å². The van der Waals surface area contributed by atoms with Gasteiger partial charge in [-0.25, -0.2) is 9.78 Å². The third-order valence-corrected chi connectivity index (χ3v) is 5.24. The molecule has 3 N–H and O–H groups in total. The van der Waals surface area contributed by atoms with Gasteiger partial charge in [-0.05, 0) is 82.4 Å². The van der Waals surface area contributed by atoms with E-state index in [0.717, 1.165) is 59.9 Å². The zero-order chi connectivity index (χ0) is 20.2. The SMILES string of the molecule is Cc1ccc(CNc2ccc3cc(NC(=O)NC4CCN(C)CC4)ccc3n2)o1. The summed E-state index contributed by atoms with van der Waals surface area (Å²) in [7, 11) is 2.11. The van der Waals surface area contributed by atoms with Crippen LogP contribution in [-0.2, 0) is 6.54 Å². The predicted molar refractivity (Wildman–Crippen MR) is 115 cm³/mol. The summed E-state index contributed by atoms with van der Waals surface area (Å²) >= 11 is 0. The number of amides is 2. The third kappa shape index (κ3) is 5.06. The second-order valence-electron chi connectivity index (χ2n) is 7.65. The number of furan rings is 1. The van der Waals surface area contributed by atoms with Crippen LogP contribution >= 0.6 is 0 Å². The van der Waals surface area contributed by atoms with Crippen LogP contribution in [0.5, 0.6) is 0 Å². The molecule has 3 aromatic rings. The summed E-state index contributed by atoms with van der Waals surface area (Å²) < 4.78 is 5.57. The zero-order valence-corrected chi connectivity index (χ0v) is 16.9. The summed E-state index contributed by atoms with van der Waals surface area (Å²) in [6.45, 7) is 4.55. The van der Waals surface area contributed by atoms with E-state index in [1.165, 1.54) is 0 Å². The average molecular weight is 393 g/mol. The molecule has 1 aliphatic rings. The van der Waals surface area contributed by atoms with E-state index in [9.17, 15) is 4.79 Å². The highest BCUT2D eigenvalue weighted by molar-refractivity contribution is 5.93. The fourth-order valence-corrected chi connectivity index (χ4v) is 3.57. The molecule has 0 aliphatic carbocycles. The van der Waals surface area contributed by atoms with Crippen LogP contribution in [0.4, 0.5) is 16.3 Å². The van der Waals surface area contributed by atoms with Gasteiger partial charge in [-0.3, -0.25) is 0 Å². The van der Waals surface area contributed by atoms with Crippen molar-refractivity contribution in [1.82, 2.24) is 15.2 Å². The van der Waals surface area contributed by atoms with Crippen molar-refractivity contribution < 1.29 is 9.21 Å². The number of carbonyl (C=O) groups is 1. The number of benzene rings is 1.